The van der Waals surface area contributed by atoms with Crippen LogP contribution in [0.15, 0.2) is 48.5 Å². The van der Waals surface area contributed by atoms with Crippen LogP contribution in [0.5, 0.6) is 5.75 Å². The Hall–Kier alpha value is -2.47. The Morgan fingerprint density at radius 2 is 1.75 bits per heavy atom. The van der Waals surface area contributed by atoms with Gasteiger partial charge in [0.1, 0.15) is 11.1 Å². The molecule has 0 radical (unpaired) electrons. The van der Waals surface area contributed by atoms with Gasteiger partial charge >= 0.3 is 5.97 Å². The van der Waals surface area contributed by atoms with E-state index in [1.165, 1.54) is 7.11 Å². The van der Waals surface area contributed by atoms with E-state index < -0.39 is 0 Å². The molecular weight excluding hydrogens is 326 g/mol. The Kier molecular flexibility index (Phi) is 4.76. The number of carbonyl (C=O) groups is 2. The molecule has 6 heteroatoms. The van der Waals surface area contributed by atoms with E-state index in [1.54, 1.807) is 35.9 Å². The highest BCUT2D eigenvalue weighted by Gasteiger charge is 2.34. The van der Waals surface area contributed by atoms with Gasteiger partial charge in [-0.15, -0.1) is 11.8 Å². The molecular formula is C18H17NO4S. The number of thioether (sulfide) groups is 1. The van der Waals surface area contributed by atoms with E-state index in [-0.39, 0.29) is 17.3 Å². The van der Waals surface area contributed by atoms with E-state index in [9.17, 15) is 9.59 Å². The zero-order valence-corrected chi connectivity index (χ0v) is 14.2. The van der Waals surface area contributed by atoms with E-state index in [0.717, 1.165) is 17.0 Å². The monoisotopic (exact) mass is 343 g/mol. The normalized spacial score (nSPS) is 17.0. The van der Waals surface area contributed by atoms with E-state index >= 15 is 0 Å². The molecule has 1 saturated heterocycles. The molecule has 5 nitrogen and oxygen atoms in total. The second-order valence-corrected chi connectivity index (χ2v) is 6.31. The number of esters is 1. The SMILES string of the molecule is COC(=O)c1ccc([C@@H]2SCC(=O)N2c2ccc(OC)cc2)cc1. The number of carbonyl (C=O) groups excluding carboxylic acids is 2. The quantitative estimate of drug-likeness (QED) is 0.798. The Labute approximate surface area is 144 Å². The Morgan fingerprint density at radius 1 is 1.08 bits per heavy atom. The summed E-state index contributed by atoms with van der Waals surface area (Å²) in [6.07, 6.45) is 0. The number of ether oxygens (including phenoxy) is 2. The molecule has 0 bridgehead atoms. The third kappa shape index (κ3) is 3.10. The maximum Gasteiger partial charge on any atom is 0.337 e. The highest BCUT2D eigenvalue weighted by Crippen LogP contribution is 2.42. The number of benzene rings is 2. The van der Waals surface area contributed by atoms with Gasteiger partial charge in [-0.25, -0.2) is 4.79 Å². The minimum Gasteiger partial charge on any atom is -0.497 e. The summed E-state index contributed by atoms with van der Waals surface area (Å²) in [6.45, 7) is 0. The van der Waals surface area contributed by atoms with Crippen molar-refractivity contribution in [2.45, 2.75) is 5.37 Å². The van der Waals surface area contributed by atoms with Crippen molar-refractivity contribution < 1.29 is 19.1 Å². The molecule has 1 amide bonds. The third-order valence-electron chi connectivity index (χ3n) is 3.84. The van der Waals surface area contributed by atoms with Crippen LogP contribution in [0.25, 0.3) is 0 Å². The number of anilines is 1. The molecule has 0 aromatic heterocycles. The van der Waals surface area contributed by atoms with E-state index in [4.69, 9.17) is 9.47 Å². The van der Waals surface area contributed by atoms with Gasteiger partial charge in [-0.3, -0.25) is 9.69 Å². The number of methoxy groups -OCH3 is 2. The van der Waals surface area contributed by atoms with E-state index in [2.05, 4.69) is 0 Å². The molecule has 1 fully saturated rings. The van der Waals surface area contributed by atoms with Gasteiger partial charge in [0, 0.05) is 5.69 Å². The lowest BCUT2D eigenvalue weighted by Crippen LogP contribution is -2.27. The van der Waals surface area contributed by atoms with Crippen LogP contribution in [-0.2, 0) is 9.53 Å². The zero-order chi connectivity index (χ0) is 17.1. The summed E-state index contributed by atoms with van der Waals surface area (Å²) in [5, 5.41) is -0.113. The number of nitrogens with zero attached hydrogens (tertiary/aromatic N) is 1. The smallest absolute Gasteiger partial charge is 0.337 e. The molecule has 2 aromatic rings. The molecule has 1 aliphatic rings. The third-order valence-corrected chi connectivity index (χ3v) is 5.05. The molecule has 3 rings (SSSR count). The summed E-state index contributed by atoms with van der Waals surface area (Å²) < 4.78 is 9.87. The Bertz CT molecular complexity index is 743. The fourth-order valence-corrected chi connectivity index (χ4v) is 3.77. The van der Waals surface area contributed by atoms with E-state index in [0.29, 0.717) is 11.3 Å². The fraction of sp³-hybridized carbons (Fsp3) is 0.222. The van der Waals surface area contributed by atoms with Crippen molar-refractivity contribution >= 4 is 29.3 Å². The van der Waals surface area contributed by atoms with Gasteiger partial charge in [-0.05, 0) is 42.0 Å². The average Bonchev–Trinajstić information content (AvgIpc) is 3.02. The first-order chi connectivity index (χ1) is 11.6. The second-order valence-electron chi connectivity index (χ2n) is 5.24. The Morgan fingerprint density at radius 3 is 2.33 bits per heavy atom. The highest BCUT2D eigenvalue weighted by molar-refractivity contribution is 8.00. The van der Waals surface area contributed by atoms with Gasteiger partial charge in [0.2, 0.25) is 5.91 Å². The van der Waals surface area contributed by atoms with Crippen LogP contribution in [0.2, 0.25) is 0 Å². The Balaban J connectivity index is 1.88. The van der Waals surface area contributed by atoms with Crippen molar-refractivity contribution in [1.82, 2.24) is 0 Å². The average molecular weight is 343 g/mol. The van der Waals surface area contributed by atoms with Gasteiger partial charge in [0.15, 0.2) is 0 Å². The predicted octanol–water partition coefficient (Wildman–Crippen LogP) is 3.26. The first-order valence-electron chi connectivity index (χ1n) is 7.40. The van der Waals surface area contributed by atoms with Crippen molar-refractivity contribution in [2.75, 3.05) is 24.9 Å². The molecule has 0 unspecified atom stereocenters. The first-order valence-corrected chi connectivity index (χ1v) is 8.45. The molecule has 1 aliphatic heterocycles. The molecule has 1 heterocycles. The maximum atomic E-state index is 12.3. The minimum absolute atomic E-state index is 0.0622. The minimum atomic E-state index is -0.372. The highest BCUT2D eigenvalue weighted by atomic mass is 32.2. The summed E-state index contributed by atoms with van der Waals surface area (Å²) in [4.78, 5) is 25.6. The van der Waals surface area contributed by atoms with Crippen LogP contribution in [0.3, 0.4) is 0 Å². The largest absolute Gasteiger partial charge is 0.497 e. The summed E-state index contributed by atoms with van der Waals surface area (Å²) in [7, 11) is 2.96. The zero-order valence-electron chi connectivity index (χ0n) is 13.4. The fourth-order valence-electron chi connectivity index (χ4n) is 2.59. The topological polar surface area (TPSA) is 55.8 Å². The first kappa shape index (κ1) is 16.4. The van der Waals surface area contributed by atoms with Crippen molar-refractivity contribution in [2.24, 2.45) is 0 Å². The van der Waals surface area contributed by atoms with Gasteiger partial charge in [0.05, 0.1) is 25.5 Å². The molecule has 2 aromatic carbocycles. The lowest BCUT2D eigenvalue weighted by atomic mass is 10.1. The summed E-state index contributed by atoms with van der Waals surface area (Å²) in [5.41, 5.74) is 2.29. The van der Waals surface area contributed by atoms with Crippen molar-refractivity contribution in [3.8, 4) is 5.75 Å². The van der Waals surface area contributed by atoms with Crippen LogP contribution in [0.1, 0.15) is 21.3 Å². The van der Waals surface area contributed by atoms with Crippen molar-refractivity contribution in [1.29, 1.82) is 0 Å². The molecule has 124 valence electrons. The molecule has 0 aliphatic carbocycles. The molecule has 0 saturated carbocycles. The number of hydrogen-bond donors (Lipinski definition) is 0. The lowest BCUT2D eigenvalue weighted by Gasteiger charge is -2.24. The lowest BCUT2D eigenvalue weighted by molar-refractivity contribution is -0.115. The van der Waals surface area contributed by atoms with Gasteiger partial charge in [-0.2, -0.15) is 0 Å². The number of rotatable bonds is 4. The van der Waals surface area contributed by atoms with Gasteiger partial charge in [-0.1, -0.05) is 12.1 Å². The maximum absolute atomic E-state index is 12.3. The van der Waals surface area contributed by atoms with Crippen LogP contribution >= 0.6 is 11.8 Å². The summed E-state index contributed by atoms with van der Waals surface area (Å²) in [5.74, 6) is 0.864. The van der Waals surface area contributed by atoms with Crippen LogP contribution < -0.4 is 9.64 Å². The van der Waals surface area contributed by atoms with Crippen LogP contribution in [-0.4, -0.2) is 31.8 Å². The van der Waals surface area contributed by atoms with E-state index in [1.807, 2.05) is 36.4 Å². The van der Waals surface area contributed by atoms with Crippen molar-refractivity contribution in [3.63, 3.8) is 0 Å². The second kappa shape index (κ2) is 6.97. The molecule has 24 heavy (non-hydrogen) atoms. The van der Waals surface area contributed by atoms with Crippen LogP contribution in [0.4, 0.5) is 5.69 Å². The van der Waals surface area contributed by atoms with Gasteiger partial charge in [0.25, 0.3) is 0 Å². The number of amides is 1. The predicted molar refractivity (Wildman–Crippen MR) is 93.5 cm³/mol. The molecule has 0 N–H and O–H groups in total. The number of hydrogen-bond acceptors (Lipinski definition) is 5. The van der Waals surface area contributed by atoms with Gasteiger partial charge < -0.3 is 9.47 Å². The van der Waals surface area contributed by atoms with Crippen LogP contribution in [0, 0.1) is 0 Å². The standard InChI is InChI=1S/C18H17NO4S/c1-22-15-9-7-14(8-10-15)19-16(20)11-24-17(19)12-3-5-13(6-4-12)18(21)23-2/h3-10,17H,11H2,1-2H3/t17-/m0/s1. The van der Waals surface area contributed by atoms with Crippen molar-refractivity contribution in [3.05, 3.63) is 59.7 Å². The molecule has 0 spiro atoms. The summed E-state index contributed by atoms with van der Waals surface area (Å²) in [6, 6.07) is 14.6. The molecule has 1 atom stereocenters. The summed E-state index contributed by atoms with van der Waals surface area (Å²) >= 11 is 1.57.